The number of halogens is 2. The van der Waals surface area contributed by atoms with Crippen LogP contribution in [0.4, 0.5) is 10.5 Å². The molecule has 0 fully saturated rings. The smallest absolute Gasteiger partial charge is 0.410 e. The Balaban J connectivity index is 1.35. The summed E-state index contributed by atoms with van der Waals surface area (Å²) in [5.74, 6) is 0.960. The molecule has 0 radical (unpaired) electrons. The van der Waals surface area contributed by atoms with E-state index in [1.54, 1.807) is 36.4 Å². The molecule has 7 heteroatoms. The topological polar surface area (TPSA) is 67.0 Å². The second kappa shape index (κ2) is 7.67. The summed E-state index contributed by atoms with van der Waals surface area (Å²) in [5.41, 5.74) is 5.44. The number of nitrogens with one attached hydrogen (secondary N) is 2. The van der Waals surface area contributed by atoms with E-state index in [-0.39, 0.29) is 0 Å². The van der Waals surface area contributed by atoms with E-state index < -0.39 is 6.09 Å². The molecule has 5 rings (SSSR count). The SMILES string of the molecule is O=C(Nc1ccc2c(c1)CCC2)Oc1ccc2nc(-c3c(Cl)cccc3Cl)[nH]c2c1. The number of hydrogen-bond acceptors (Lipinski definition) is 3. The van der Waals surface area contributed by atoms with Gasteiger partial charge in [0.05, 0.1) is 26.6 Å². The van der Waals surface area contributed by atoms with Crippen LogP contribution in [0.5, 0.6) is 5.75 Å². The van der Waals surface area contributed by atoms with Gasteiger partial charge in [0.1, 0.15) is 11.6 Å². The zero-order valence-electron chi connectivity index (χ0n) is 15.8. The van der Waals surface area contributed by atoms with Crippen LogP contribution in [0.3, 0.4) is 0 Å². The average Bonchev–Trinajstić information content (AvgIpc) is 3.33. The van der Waals surface area contributed by atoms with Gasteiger partial charge < -0.3 is 9.72 Å². The lowest BCUT2D eigenvalue weighted by atomic mass is 10.1. The van der Waals surface area contributed by atoms with Crippen LogP contribution in [-0.4, -0.2) is 16.1 Å². The fourth-order valence-corrected chi connectivity index (χ4v) is 4.37. The Hall–Kier alpha value is -3.02. The van der Waals surface area contributed by atoms with E-state index in [1.165, 1.54) is 11.1 Å². The monoisotopic (exact) mass is 437 g/mol. The molecule has 30 heavy (non-hydrogen) atoms. The molecule has 1 heterocycles. The molecule has 0 saturated carbocycles. The van der Waals surface area contributed by atoms with Gasteiger partial charge in [-0.3, -0.25) is 5.32 Å². The van der Waals surface area contributed by atoms with E-state index in [2.05, 4.69) is 21.4 Å². The van der Waals surface area contributed by atoms with Crippen LogP contribution in [0.25, 0.3) is 22.4 Å². The molecule has 0 atom stereocenters. The number of aryl methyl sites for hydroxylation is 2. The van der Waals surface area contributed by atoms with Gasteiger partial charge in [-0.1, -0.05) is 35.3 Å². The van der Waals surface area contributed by atoms with E-state index in [0.717, 1.165) is 24.9 Å². The minimum atomic E-state index is -0.541. The Bertz CT molecular complexity index is 1260. The first-order valence-electron chi connectivity index (χ1n) is 9.61. The highest BCUT2D eigenvalue weighted by Crippen LogP contribution is 2.34. The van der Waals surface area contributed by atoms with Crippen molar-refractivity contribution in [2.75, 3.05) is 5.32 Å². The number of nitrogens with zero attached hydrogens (tertiary/aromatic N) is 1. The van der Waals surface area contributed by atoms with Crippen LogP contribution in [0.1, 0.15) is 17.5 Å². The van der Waals surface area contributed by atoms with Gasteiger partial charge in [0.25, 0.3) is 0 Å². The van der Waals surface area contributed by atoms with Crippen LogP contribution in [0.2, 0.25) is 10.0 Å². The molecule has 0 spiro atoms. The van der Waals surface area contributed by atoms with Crippen LogP contribution >= 0.6 is 23.2 Å². The zero-order valence-corrected chi connectivity index (χ0v) is 17.3. The summed E-state index contributed by atoms with van der Waals surface area (Å²) in [4.78, 5) is 20.1. The number of ether oxygens (including phenoxy) is 1. The number of rotatable bonds is 3. The molecular formula is C23H17Cl2N3O2. The van der Waals surface area contributed by atoms with Gasteiger partial charge in [-0.05, 0) is 66.8 Å². The number of imidazole rings is 1. The molecular weight excluding hydrogens is 421 g/mol. The molecule has 1 aromatic heterocycles. The number of hydrogen-bond donors (Lipinski definition) is 2. The number of aromatic nitrogens is 2. The van der Waals surface area contributed by atoms with Gasteiger partial charge in [0, 0.05) is 11.8 Å². The maximum absolute atomic E-state index is 12.3. The predicted molar refractivity (Wildman–Crippen MR) is 120 cm³/mol. The number of aromatic amines is 1. The van der Waals surface area contributed by atoms with Gasteiger partial charge >= 0.3 is 6.09 Å². The quantitative estimate of drug-likeness (QED) is 0.377. The number of H-pyrrole nitrogens is 1. The minimum absolute atomic E-state index is 0.404. The summed E-state index contributed by atoms with van der Waals surface area (Å²) in [6.45, 7) is 0. The molecule has 3 aromatic carbocycles. The van der Waals surface area contributed by atoms with Gasteiger partial charge in [0.15, 0.2) is 0 Å². The van der Waals surface area contributed by atoms with E-state index in [0.29, 0.717) is 38.2 Å². The van der Waals surface area contributed by atoms with Crippen LogP contribution in [-0.2, 0) is 12.8 Å². The number of fused-ring (bicyclic) bond motifs is 2. The molecule has 0 bridgehead atoms. The van der Waals surface area contributed by atoms with Crippen LogP contribution < -0.4 is 10.1 Å². The first-order chi connectivity index (χ1) is 14.6. The number of amides is 1. The lowest BCUT2D eigenvalue weighted by molar-refractivity contribution is 0.215. The predicted octanol–water partition coefficient (Wildman–Crippen LogP) is 6.64. The van der Waals surface area contributed by atoms with Crippen molar-refractivity contribution in [3.63, 3.8) is 0 Å². The van der Waals surface area contributed by atoms with E-state index in [1.807, 2.05) is 12.1 Å². The fourth-order valence-electron chi connectivity index (χ4n) is 3.79. The number of carbonyl (C=O) groups is 1. The maximum atomic E-state index is 12.3. The first-order valence-corrected chi connectivity index (χ1v) is 10.4. The minimum Gasteiger partial charge on any atom is -0.410 e. The average molecular weight is 438 g/mol. The summed E-state index contributed by atoms with van der Waals surface area (Å²) < 4.78 is 5.46. The van der Waals surface area contributed by atoms with Crippen molar-refractivity contribution >= 4 is 46.0 Å². The highest BCUT2D eigenvalue weighted by Gasteiger charge is 2.15. The number of carbonyl (C=O) groups excluding carboxylic acids is 1. The van der Waals surface area contributed by atoms with Crippen molar-refractivity contribution in [1.82, 2.24) is 9.97 Å². The van der Waals surface area contributed by atoms with Gasteiger partial charge in [0.2, 0.25) is 0 Å². The second-order valence-electron chi connectivity index (χ2n) is 7.21. The van der Waals surface area contributed by atoms with Crippen molar-refractivity contribution in [1.29, 1.82) is 0 Å². The molecule has 4 aromatic rings. The molecule has 0 unspecified atom stereocenters. The second-order valence-corrected chi connectivity index (χ2v) is 8.03. The van der Waals surface area contributed by atoms with Gasteiger partial charge in [-0.2, -0.15) is 0 Å². The molecule has 1 amide bonds. The summed E-state index contributed by atoms with van der Waals surface area (Å²) in [6, 6.07) is 16.5. The highest BCUT2D eigenvalue weighted by molar-refractivity contribution is 6.39. The molecule has 1 aliphatic carbocycles. The van der Waals surface area contributed by atoms with Crippen molar-refractivity contribution in [2.24, 2.45) is 0 Å². The van der Waals surface area contributed by atoms with Crippen molar-refractivity contribution in [2.45, 2.75) is 19.3 Å². The standard InChI is InChI=1S/C23H17Cl2N3O2/c24-17-5-2-6-18(25)21(17)22-27-19-10-9-16(12-20(19)28-22)30-23(29)26-15-8-7-13-3-1-4-14(13)11-15/h2,5-12H,1,3-4H2,(H,26,29)(H,27,28). The Morgan fingerprint density at radius 2 is 1.80 bits per heavy atom. The summed E-state index contributed by atoms with van der Waals surface area (Å²) in [6.07, 6.45) is 2.77. The summed E-state index contributed by atoms with van der Waals surface area (Å²) in [7, 11) is 0. The van der Waals surface area contributed by atoms with E-state index >= 15 is 0 Å². The summed E-state index contributed by atoms with van der Waals surface area (Å²) >= 11 is 12.6. The molecule has 1 aliphatic rings. The molecule has 0 saturated heterocycles. The van der Waals surface area contributed by atoms with Crippen LogP contribution in [0.15, 0.2) is 54.6 Å². The van der Waals surface area contributed by atoms with Gasteiger partial charge in [-0.25, -0.2) is 9.78 Å². The van der Waals surface area contributed by atoms with Gasteiger partial charge in [-0.15, -0.1) is 0 Å². The lowest BCUT2D eigenvalue weighted by Crippen LogP contribution is -2.16. The number of anilines is 1. The molecule has 150 valence electrons. The number of benzene rings is 3. The third kappa shape index (κ3) is 3.62. The van der Waals surface area contributed by atoms with Crippen molar-refractivity contribution in [3.8, 4) is 17.1 Å². The Morgan fingerprint density at radius 3 is 2.63 bits per heavy atom. The summed E-state index contributed by atoms with van der Waals surface area (Å²) in [5, 5.41) is 3.80. The van der Waals surface area contributed by atoms with E-state index in [4.69, 9.17) is 27.9 Å². The highest BCUT2D eigenvalue weighted by atomic mass is 35.5. The Kier molecular flexibility index (Phi) is 4.85. The Labute approximate surface area is 183 Å². The normalized spacial score (nSPS) is 12.7. The maximum Gasteiger partial charge on any atom is 0.417 e. The third-order valence-electron chi connectivity index (χ3n) is 5.21. The molecule has 2 N–H and O–H groups in total. The van der Waals surface area contributed by atoms with E-state index in [9.17, 15) is 4.79 Å². The Morgan fingerprint density at radius 1 is 1.00 bits per heavy atom. The third-order valence-corrected chi connectivity index (χ3v) is 5.84. The van der Waals surface area contributed by atoms with Crippen molar-refractivity contribution < 1.29 is 9.53 Å². The molecule has 0 aliphatic heterocycles. The first kappa shape index (κ1) is 19.0. The fraction of sp³-hybridized carbons (Fsp3) is 0.130. The van der Waals surface area contributed by atoms with Crippen molar-refractivity contribution in [3.05, 3.63) is 75.8 Å². The molecule has 5 nitrogen and oxygen atoms in total. The lowest BCUT2D eigenvalue weighted by Gasteiger charge is -2.08. The largest absolute Gasteiger partial charge is 0.417 e. The zero-order chi connectivity index (χ0) is 20.7. The van der Waals surface area contributed by atoms with Crippen LogP contribution in [0, 0.1) is 0 Å².